The Morgan fingerprint density at radius 3 is 3.00 bits per heavy atom. The van der Waals surface area contributed by atoms with Crippen LogP contribution in [0.3, 0.4) is 0 Å². The Bertz CT molecular complexity index is 249. The van der Waals surface area contributed by atoms with Crippen LogP contribution in [0.4, 0.5) is 0 Å². The number of amides is 1. The number of carbonyl (C=O) groups is 1. The van der Waals surface area contributed by atoms with Crippen molar-refractivity contribution in [3.8, 4) is 12.3 Å². The van der Waals surface area contributed by atoms with Crippen LogP contribution in [0.5, 0.6) is 0 Å². The van der Waals surface area contributed by atoms with Crippen molar-refractivity contribution in [2.75, 3.05) is 18.1 Å². The average Bonchev–Trinajstić information content (AvgIpc) is 2.64. The Labute approximate surface area is 95.6 Å². The molecule has 1 fully saturated rings. The van der Waals surface area contributed by atoms with Gasteiger partial charge in [-0.3, -0.25) is 4.79 Å². The van der Waals surface area contributed by atoms with Crippen LogP contribution in [0.25, 0.3) is 0 Å². The molecule has 1 aliphatic carbocycles. The third-order valence-corrected chi connectivity index (χ3v) is 3.44. The molecule has 0 aromatic rings. The van der Waals surface area contributed by atoms with Crippen LogP contribution < -0.4 is 11.1 Å². The molecule has 84 valence electrons. The van der Waals surface area contributed by atoms with E-state index in [4.69, 9.17) is 12.2 Å². The molecule has 0 aromatic heterocycles. The van der Waals surface area contributed by atoms with E-state index in [2.05, 4.69) is 11.2 Å². The Balaban J connectivity index is 2.06. The van der Waals surface area contributed by atoms with Crippen molar-refractivity contribution in [3.63, 3.8) is 0 Å². The second kappa shape index (κ2) is 6.76. The van der Waals surface area contributed by atoms with E-state index in [1.807, 2.05) is 0 Å². The van der Waals surface area contributed by atoms with Gasteiger partial charge in [-0.25, -0.2) is 0 Å². The van der Waals surface area contributed by atoms with E-state index in [1.165, 1.54) is 0 Å². The van der Waals surface area contributed by atoms with Gasteiger partial charge in [-0.2, -0.15) is 0 Å². The Kier molecular flexibility index (Phi) is 5.59. The van der Waals surface area contributed by atoms with E-state index in [9.17, 15) is 4.79 Å². The number of rotatable bonds is 5. The maximum absolute atomic E-state index is 11.6. The van der Waals surface area contributed by atoms with Crippen LogP contribution in [0, 0.1) is 18.3 Å². The minimum absolute atomic E-state index is 0.137. The van der Waals surface area contributed by atoms with Gasteiger partial charge in [0.1, 0.15) is 0 Å². The van der Waals surface area contributed by atoms with Crippen LogP contribution in [-0.4, -0.2) is 30.0 Å². The molecule has 0 aliphatic heterocycles. The Morgan fingerprint density at radius 2 is 2.40 bits per heavy atom. The number of carbonyl (C=O) groups excluding carboxylic acids is 1. The quantitative estimate of drug-likeness (QED) is 0.533. The first-order chi connectivity index (χ1) is 7.24. The minimum atomic E-state index is 0.137. The van der Waals surface area contributed by atoms with E-state index in [-0.39, 0.29) is 17.9 Å². The SMILES string of the molecule is C#CCSCCNC(=O)C1CCC(N)C1. The molecule has 2 atom stereocenters. The second-order valence-electron chi connectivity index (χ2n) is 3.82. The Morgan fingerprint density at radius 1 is 1.60 bits per heavy atom. The number of nitrogens with two attached hydrogens (primary N) is 1. The van der Waals surface area contributed by atoms with Gasteiger partial charge >= 0.3 is 0 Å². The summed E-state index contributed by atoms with van der Waals surface area (Å²) in [7, 11) is 0. The van der Waals surface area contributed by atoms with Gasteiger partial charge in [-0.1, -0.05) is 5.92 Å². The zero-order valence-corrected chi connectivity index (χ0v) is 9.69. The predicted molar refractivity (Wildman–Crippen MR) is 64.5 cm³/mol. The summed E-state index contributed by atoms with van der Waals surface area (Å²) in [6.07, 6.45) is 7.86. The molecule has 0 spiro atoms. The van der Waals surface area contributed by atoms with E-state index in [0.717, 1.165) is 25.0 Å². The van der Waals surface area contributed by atoms with E-state index in [1.54, 1.807) is 11.8 Å². The molecule has 1 saturated carbocycles. The monoisotopic (exact) mass is 226 g/mol. The summed E-state index contributed by atoms with van der Waals surface area (Å²) in [5.41, 5.74) is 5.75. The molecular weight excluding hydrogens is 208 g/mol. The lowest BCUT2D eigenvalue weighted by Gasteiger charge is -2.09. The molecule has 15 heavy (non-hydrogen) atoms. The molecule has 3 nitrogen and oxygen atoms in total. The summed E-state index contributed by atoms with van der Waals surface area (Å²) in [5.74, 6) is 4.44. The van der Waals surface area contributed by atoms with E-state index < -0.39 is 0 Å². The average molecular weight is 226 g/mol. The van der Waals surface area contributed by atoms with Crippen molar-refractivity contribution in [2.45, 2.75) is 25.3 Å². The molecule has 0 saturated heterocycles. The molecule has 4 heteroatoms. The van der Waals surface area contributed by atoms with Gasteiger partial charge in [0.05, 0.1) is 5.75 Å². The summed E-state index contributed by atoms with van der Waals surface area (Å²) >= 11 is 1.66. The summed E-state index contributed by atoms with van der Waals surface area (Å²) < 4.78 is 0. The highest BCUT2D eigenvalue weighted by molar-refractivity contribution is 7.99. The standard InChI is InChI=1S/C11H18N2OS/c1-2-6-15-7-5-13-11(14)9-3-4-10(12)8-9/h1,9-10H,3-8,12H2,(H,13,14). The van der Waals surface area contributed by atoms with Gasteiger partial charge in [0.15, 0.2) is 0 Å². The third-order valence-electron chi connectivity index (χ3n) is 2.58. The topological polar surface area (TPSA) is 55.1 Å². The zero-order chi connectivity index (χ0) is 11.1. The number of hydrogen-bond acceptors (Lipinski definition) is 3. The fourth-order valence-corrected chi connectivity index (χ4v) is 2.28. The highest BCUT2D eigenvalue weighted by Crippen LogP contribution is 2.23. The highest BCUT2D eigenvalue weighted by Gasteiger charge is 2.27. The molecule has 1 rings (SSSR count). The van der Waals surface area contributed by atoms with Gasteiger partial charge in [-0.15, -0.1) is 18.2 Å². The third kappa shape index (κ3) is 4.59. The summed E-state index contributed by atoms with van der Waals surface area (Å²) in [5, 5.41) is 2.92. The first kappa shape index (κ1) is 12.4. The first-order valence-electron chi connectivity index (χ1n) is 5.28. The molecule has 2 unspecified atom stereocenters. The van der Waals surface area contributed by atoms with E-state index in [0.29, 0.717) is 12.3 Å². The summed E-state index contributed by atoms with van der Waals surface area (Å²) in [4.78, 5) is 11.6. The first-order valence-corrected chi connectivity index (χ1v) is 6.44. The molecule has 1 aliphatic rings. The fraction of sp³-hybridized carbons (Fsp3) is 0.727. The van der Waals surface area contributed by atoms with Crippen molar-refractivity contribution in [2.24, 2.45) is 11.7 Å². The number of terminal acetylenes is 1. The smallest absolute Gasteiger partial charge is 0.223 e. The van der Waals surface area contributed by atoms with Crippen molar-refractivity contribution in [1.29, 1.82) is 0 Å². The predicted octanol–water partition coefficient (Wildman–Crippen LogP) is 0.596. The fourth-order valence-electron chi connectivity index (χ4n) is 1.78. The maximum Gasteiger partial charge on any atom is 0.223 e. The van der Waals surface area contributed by atoms with Crippen LogP contribution in [0.1, 0.15) is 19.3 Å². The van der Waals surface area contributed by atoms with Gasteiger partial charge in [0.2, 0.25) is 5.91 Å². The molecule has 0 radical (unpaired) electrons. The lowest BCUT2D eigenvalue weighted by molar-refractivity contribution is -0.124. The summed E-state index contributed by atoms with van der Waals surface area (Å²) in [6, 6.07) is 0.219. The number of thioether (sulfide) groups is 1. The van der Waals surface area contributed by atoms with Gasteiger partial charge in [-0.05, 0) is 19.3 Å². The highest BCUT2D eigenvalue weighted by atomic mass is 32.2. The lowest BCUT2D eigenvalue weighted by atomic mass is 10.1. The van der Waals surface area contributed by atoms with Crippen LogP contribution in [0.15, 0.2) is 0 Å². The lowest BCUT2D eigenvalue weighted by Crippen LogP contribution is -2.32. The minimum Gasteiger partial charge on any atom is -0.355 e. The Hall–Kier alpha value is -0.660. The molecule has 0 bridgehead atoms. The normalized spacial score (nSPS) is 24.8. The molecular formula is C11H18N2OS. The van der Waals surface area contributed by atoms with Gasteiger partial charge in [0, 0.05) is 24.3 Å². The van der Waals surface area contributed by atoms with Crippen molar-refractivity contribution in [3.05, 3.63) is 0 Å². The van der Waals surface area contributed by atoms with Crippen molar-refractivity contribution in [1.82, 2.24) is 5.32 Å². The van der Waals surface area contributed by atoms with E-state index >= 15 is 0 Å². The van der Waals surface area contributed by atoms with Gasteiger partial charge < -0.3 is 11.1 Å². The summed E-state index contributed by atoms with van der Waals surface area (Å²) in [6.45, 7) is 0.705. The maximum atomic E-state index is 11.6. The van der Waals surface area contributed by atoms with Crippen molar-refractivity contribution >= 4 is 17.7 Å². The second-order valence-corrected chi connectivity index (χ2v) is 4.92. The van der Waals surface area contributed by atoms with Crippen LogP contribution in [0.2, 0.25) is 0 Å². The van der Waals surface area contributed by atoms with Crippen LogP contribution >= 0.6 is 11.8 Å². The van der Waals surface area contributed by atoms with Crippen LogP contribution in [-0.2, 0) is 4.79 Å². The largest absolute Gasteiger partial charge is 0.355 e. The van der Waals surface area contributed by atoms with Gasteiger partial charge in [0.25, 0.3) is 0 Å². The van der Waals surface area contributed by atoms with Crippen molar-refractivity contribution < 1.29 is 4.79 Å². The number of hydrogen-bond donors (Lipinski definition) is 2. The molecule has 3 N–H and O–H groups in total. The molecule has 0 aromatic carbocycles. The molecule has 0 heterocycles. The zero-order valence-electron chi connectivity index (χ0n) is 8.87. The molecule has 1 amide bonds. The number of nitrogens with one attached hydrogen (secondary N) is 1.